The molecule has 1 heterocycles. The molecular formula is C19H15N3. The van der Waals surface area contributed by atoms with E-state index in [1.807, 2.05) is 24.3 Å². The van der Waals surface area contributed by atoms with Gasteiger partial charge in [0.2, 0.25) is 0 Å². The van der Waals surface area contributed by atoms with Gasteiger partial charge < -0.3 is 5.32 Å². The molecule has 1 N–H and O–H groups in total. The molecular weight excluding hydrogens is 270 g/mol. The minimum Gasteiger partial charge on any atom is -0.365 e. The molecule has 4 aromatic rings. The fourth-order valence-corrected chi connectivity index (χ4v) is 2.77. The van der Waals surface area contributed by atoms with Crippen molar-refractivity contribution in [3.8, 4) is 0 Å². The van der Waals surface area contributed by atoms with Crippen LogP contribution >= 0.6 is 0 Å². The quantitative estimate of drug-likeness (QED) is 0.606. The van der Waals surface area contributed by atoms with Crippen molar-refractivity contribution in [2.75, 3.05) is 5.32 Å². The lowest BCUT2D eigenvalue weighted by molar-refractivity contribution is 1.11. The molecule has 3 nitrogen and oxygen atoms in total. The molecule has 0 amide bonds. The van der Waals surface area contributed by atoms with Gasteiger partial charge in [0.1, 0.15) is 12.1 Å². The summed E-state index contributed by atoms with van der Waals surface area (Å²) in [4.78, 5) is 8.68. The van der Waals surface area contributed by atoms with Crippen molar-refractivity contribution in [2.24, 2.45) is 0 Å². The molecule has 0 saturated heterocycles. The standard InChI is InChI=1S/C19H15N3/c1-2-9-16-14(6-1)7-5-8-15(16)12-20-19-17-10-3-4-11-18(17)21-13-22-19/h1-11,13H,12H2,(H,20,21,22). The molecule has 0 radical (unpaired) electrons. The van der Waals surface area contributed by atoms with Crippen LogP contribution in [0, 0.1) is 0 Å². The predicted molar refractivity (Wildman–Crippen MR) is 90.8 cm³/mol. The average molecular weight is 285 g/mol. The van der Waals surface area contributed by atoms with E-state index in [9.17, 15) is 0 Å². The Balaban J connectivity index is 1.69. The molecule has 0 spiro atoms. The van der Waals surface area contributed by atoms with E-state index in [0.717, 1.165) is 23.3 Å². The van der Waals surface area contributed by atoms with Gasteiger partial charge >= 0.3 is 0 Å². The molecule has 0 aliphatic heterocycles. The van der Waals surface area contributed by atoms with Gasteiger partial charge in [0, 0.05) is 11.9 Å². The van der Waals surface area contributed by atoms with E-state index in [2.05, 4.69) is 57.7 Å². The highest BCUT2D eigenvalue weighted by molar-refractivity contribution is 5.89. The van der Waals surface area contributed by atoms with Gasteiger partial charge in [-0.1, -0.05) is 54.6 Å². The van der Waals surface area contributed by atoms with Gasteiger partial charge in [0.05, 0.1) is 5.52 Å². The van der Waals surface area contributed by atoms with E-state index >= 15 is 0 Å². The minimum absolute atomic E-state index is 0.738. The third-order valence-corrected chi connectivity index (χ3v) is 3.87. The maximum Gasteiger partial charge on any atom is 0.137 e. The molecule has 0 bridgehead atoms. The number of nitrogens with zero attached hydrogens (tertiary/aromatic N) is 2. The molecule has 106 valence electrons. The van der Waals surface area contributed by atoms with Crippen molar-refractivity contribution in [3.05, 3.63) is 78.6 Å². The van der Waals surface area contributed by atoms with Crippen LogP contribution in [-0.4, -0.2) is 9.97 Å². The molecule has 0 fully saturated rings. The second-order valence-electron chi connectivity index (χ2n) is 5.23. The molecule has 4 rings (SSSR count). The summed E-state index contributed by atoms with van der Waals surface area (Å²) >= 11 is 0. The fraction of sp³-hybridized carbons (Fsp3) is 0.0526. The Morgan fingerprint density at radius 2 is 1.50 bits per heavy atom. The summed E-state index contributed by atoms with van der Waals surface area (Å²) < 4.78 is 0. The molecule has 3 aromatic carbocycles. The zero-order chi connectivity index (χ0) is 14.8. The predicted octanol–water partition coefficient (Wildman–Crippen LogP) is 4.40. The number of rotatable bonds is 3. The molecule has 0 aliphatic carbocycles. The lowest BCUT2D eigenvalue weighted by atomic mass is 10.0. The summed E-state index contributed by atoms with van der Waals surface area (Å²) in [7, 11) is 0. The number of hydrogen-bond acceptors (Lipinski definition) is 3. The summed E-state index contributed by atoms with van der Waals surface area (Å²) in [6, 6.07) is 22.9. The van der Waals surface area contributed by atoms with E-state index in [1.165, 1.54) is 16.3 Å². The fourth-order valence-electron chi connectivity index (χ4n) is 2.77. The van der Waals surface area contributed by atoms with Crippen LogP contribution in [0.3, 0.4) is 0 Å². The minimum atomic E-state index is 0.738. The van der Waals surface area contributed by atoms with Crippen molar-refractivity contribution in [3.63, 3.8) is 0 Å². The summed E-state index contributed by atoms with van der Waals surface area (Å²) in [6.45, 7) is 0.738. The van der Waals surface area contributed by atoms with E-state index in [0.29, 0.717) is 0 Å². The van der Waals surface area contributed by atoms with E-state index in [4.69, 9.17) is 0 Å². The van der Waals surface area contributed by atoms with E-state index in [-0.39, 0.29) is 0 Å². The molecule has 0 aliphatic rings. The highest BCUT2D eigenvalue weighted by Gasteiger charge is 2.04. The van der Waals surface area contributed by atoms with Gasteiger partial charge in [-0.25, -0.2) is 9.97 Å². The Hall–Kier alpha value is -2.94. The average Bonchev–Trinajstić information content (AvgIpc) is 2.60. The Morgan fingerprint density at radius 3 is 2.45 bits per heavy atom. The first-order valence-corrected chi connectivity index (χ1v) is 7.32. The van der Waals surface area contributed by atoms with Crippen LogP contribution in [0.15, 0.2) is 73.1 Å². The Morgan fingerprint density at radius 1 is 0.727 bits per heavy atom. The summed E-state index contributed by atoms with van der Waals surface area (Å²) in [5.41, 5.74) is 2.22. The first-order chi connectivity index (χ1) is 10.9. The number of anilines is 1. The second kappa shape index (κ2) is 5.45. The number of benzene rings is 3. The third-order valence-electron chi connectivity index (χ3n) is 3.87. The Bertz CT molecular complexity index is 857. The van der Waals surface area contributed by atoms with Crippen LogP contribution in [-0.2, 0) is 6.54 Å². The van der Waals surface area contributed by atoms with Gasteiger partial charge in [0.15, 0.2) is 0 Å². The highest BCUT2D eigenvalue weighted by atomic mass is 15.0. The topological polar surface area (TPSA) is 37.8 Å². The SMILES string of the molecule is c1ccc2c(CNc3ncnc4ccccc34)cccc2c1. The molecule has 0 atom stereocenters. The molecule has 1 aromatic heterocycles. The summed E-state index contributed by atoms with van der Waals surface area (Å²) in [6.07, 6.45) is 1.60. The smallest absolute Gasteiger partial charge is 0.137 e. The number of hydrogen-bond donors (Lipinski definition) is 1. The maximum absolute atomic E-state index is 4.38. The first-order valence-electron chi connectivity index (χ1n) is 7.32. The zero-order valence-electron chi connectivity index (χ0n) is 12.0. The van der Waals surface area contributed by atoms with Crippen molar-refractivity contribution in [2.45, 2.75) is 6.54 Å². The summed E-state index contributed by atoms with van der Waals surface area (Å²) in [5, 5.41) is 7.02. The van der Waals surface area contributed by atoms with Gasteiger partial charge in [-0.2, -0.15) is 0 Å². The van der Waals surface area contributed by atoms with Crippen molar-refractivity contribution in [1.29, 1.82) is 0 Å². The van der Waals surface area contributed by atoms with Crippen LogP contribution in [0.4, 0.5) is 5.82 Å². The van der Waals surface area contributed by atoms with Gasteiger partial charge in [0.25, 0.3) is 0 Å². The number of nitrogens with one attached hydrogen (secondary N) is 1. The van der Waals surface area contributed by atoms with Gasteiger partial charge in [-0.15, -0.1) is 0 Å². The number of para-hydroxylation sites is 1. The van der Waals surface area contributed by atoms with Crippen molar-refractivity contribution >= 4 is 27.5 Å². The number of aromatic nitrogens is 2. The summed E-state index contributed by atoms with van der Waals surface area (Å²) in [5.74, 6) is 0.874. The van der Waals surface area contributed by atoms with Crippen LogP contribution in [0.2, 0.25) is 0 Å². The van der Waals surface area contributed by atoms with E-state index < -0.39 is 0 Å². The largest absolute Gasteiger partial charge is 0.365 e. The lowest BCUT2D eigenvalue weighted by Gasteiger charge is -2.10. The molecule has 3 heteroatoms. The van der Waals surface area contributed by atoms with E-state index in [1.54, 1.807) is 6.33 Å². The molecule has 22 heavy (non-hydrogen) atoms. The van der Waals surface area contributed by atoms with Crippen LogP contribution < -0.4 is 5.32 Å². The number of fused-ring (bicyclic) bond motifs is 2. The zero-order valence-corrected chi connectivity index (χ0v) is 12.0. The van der Waals surface area contributed by atoms with Crippen molar-refractivity contribution in [1.82, 2.24) is 9.97 Å². The van der Waals surface area contributed by atoms with Crippen LogP contribution in [0.1, 0.15) is 5.56 Å². The van der Waals surface area contributed by atoms with Crippen LogP contribution in [0.5, 0.6) is 0 Å². The monoisotopic (exact) mass is 285 g/mol. The van der Waals surface area contributed by atoms with Crippen molar-refractivity contribution < 1.29 is 0 Å². The molecule has 0 saturated carbocycles. The Kier molecular flexibility index (Phi) is 3.16. The normalized spacial score (nSPS) is 10.9. The molecule has 0 unspecified atom stereocenters. The van der Waals surface area contributed by atoms with Gasteiger partial charge in [-0.3, -0.25) is 0 Å². The van der Waals surface area contributed by atoms with Crippen LogP contribution in [0.25, 0.3) is 21.7 Å². The first kappa shape index (κ1) is 12.8. The second-order valence-corrected chi connectivity index (χ2v) is 5.23. The van der Waals surface area contributed by atoms with Gasteiger partial charge in [-0.05, 0) is 28.5 Å². The maximum atomic E-state index is 4.38. The lowest BCUT2D eigenvalue weighted by Crippen LogP contribution is -2.03. The third kappa shape index (κ3) is 2.27. The highest BCUT2D eigenvalue weighted by Crippen LogP contribution is 2.22. The Labute approximate surface area is 128 Å².